The second kappa shape index (κ2) is 10.1. The number of hydrogen-bond acceptors (Lipinski definition) is 9. The smallest absolute Gasteiger partial charge is 0.224 e. The Morgan fingerprint density at radius 1 is 1.14 bits per heavy atom. The fraction of sp³-hybridized carbons (Fsp3) is 0.737. The Kier molecular flexibility index (Phi) is 7.59. The minimum absolute atomic E-state index is 0.00896. The van der Waals surface area contributed by atoms with Crippen molar-refractivity contribution in [3.8, 4) is 0 Å². The van der Waals surface area contributed by atoms with Gasteiger partial charge in [-0.3, -0.25) is 4.57 Å². The monoisotopic (exact) mass is 408 g/mol. The van der Waals surface area contributed by atoms with Crippen LogP contribution < -0.4 is 11.5 Å². The van der Waals surface area contributed by atoms with Gasteiger partial charge in [-0.25, -0.2) is 4.98 Å². The average Bonchev–Trinajstić information content (AvgIpc) is 3.25. The average molecular weight is 409 g/mol. The van der Waals surface area contributed by atoms with E-state index in [1.807, 2.05) is 0 Å². The number of nitrogens with zero attached hydrogens (tertiary/aromatic N) is 4. The van der Waals surface area contributed by atoms with E-state index in [0.717, 1.165) is 12.8 Å². The molecule has 0 saturated carbocycles. The van der Waals surface area contributed by atoms with Gasteiger partial charge in [0.15, 0.2) is 17.7 Å². The molecule has 10 nitrogen and oxygen atoms in total. The largest absolute Gasteiger partial charge is 0.394 e. The first-order chi connectivity index (χ1) is 14.1. The van der Waals surface area contributed by atoms with Gasteiger partial charge in [0.05, 0.1) is 12.9 Å². The van der Waals surface area contributed by atoms with Crippen LogP contribution >= 0.6 is 0 Å². The molecule has 0 amide bonds. The van der Waals surface area contributed by atoms with Crippen molar-refractivity contribution in [1.82, 2.24) is 19.5 Å². The summed E-state index contributed by atoms with van der Waals surface area (Å²) >= 11 is 0. The highest BCUT2D eigenvalue weighted by molar-refractivity contribution is 5.82. The van der Waals surface area contributed by atoms with Gasteiger partial charge in [-0.15, -0.1) is 0 Å². The summed E-state index contributed by atoms with van der Waals surface area (Å²) in [7, 11) is 0. The number of anilines is 2. The van der Waals surface area contributed by atoms with Crippen molar-refractivity contribution in [2.24, 2.45) is 0 Å². The van der Waals surface area contributed by atoms with Gasteiger partial charge >= 0.3 is 0 Å². The van der Waals surface area contributed by atoms with Crippen LogP contribution in [0, 0.1) is 0 Å². The molecule has 0 radical (unpaired) electrons. The number of aromatic nitrogens is 4. The van der Waals surface area contributed by atoms with Crippen molar-refractivity contribution < 1.29 is 19.7 Å². The molecule has 1 saturated heterocycles. The minimum Gasteiger partial charge on any atom is -0.394 e. The Balaban J connectivity index is 1.59. The Hall–Kier alpha value is -2.01. The van der Waals surface area contributed by atoms with E-state index in [4.69, 9.17) is 20.9 Å². The molecule has 1 aliphatic rings. The molecule has 10 heteroatoms. The first-order valence-corrected chi connectivity index (χ1v) is 10.4. The summed E-state index contributed by atoms with van der Waals surface area (Å²) < 4.78 is 13.3. The van der Waals surface area contributed by atoms with Crippen LogP contribution in [0.25, 0.3) is 11.2 Å². The standard InChI is InChI=1S/C19H32N6O4/c1-2-3-4-5-6-7-8-9-28-15-12(10-26)29-18(14(15)27)25-11-22-13-16(20)23-19(21)24-17(13)25/h11-12,14-15,18,26-27H,2-10H2,1H3,(H4,20,21,23,24)/t12-,14-,15-,18?/m1/s1. The number of rotatable bonds is 11. The first-order valence-electron chi connectivity index (χ1n) is 10.4. The molecule has 0 bridgehead atoms. The van der Waals surface area contributed by atoms with E-state index in [2.05, 4.69) is 21.9 Å². The lowest BCUT2D eigenvalue weighted by Crippen LogP contribution is -2.36. The fourth-order valence-corrected chi connectivity index (χ4v) is 3.72. The number of nitrogen functional groups attached to an aromatic ring is 2. The normalized spacial score (nSPS) is 24.5. The molecule has 2 aromatic rings. The van der Waals surface area contributed by atoms with Crippen molar-refractivity contribution in [3.63, 3.8) is 0 Å². The van der Waals surface area contributed by atoms with Gasteiger partial charge < -0.3 is 31.2 Å². The molecular weight excluding hydrogens is 376 g/mol. The quantitative estimate of drug-likeness (QED) is 0.403. The van der Waals surface area contributed by atoms with Crippen LogP contribution in [0.4, 0.5) is 11.8 Å². The van der Waals surface area contributed by atoms with E-state index in [9.17, 15) is 10.2 Å². The number of aliphatic hydroxyl groups is 2. The molecule has 162 valence electrons. The second-order valence-corrected chi connectivity index (χ2v) is 7.49. The highest BCUT2D eigenvalue weighted by atomic mass is 16.6. The summed E-state index contributed by atoms with van der Waals surface area (Å²) in [5.41, 5.74) is 12.3. The lowest BCUT2D eigenvalue weighted by Gasteiger charge is -2.20. The lowest BCUT2D eigenvalue weighted by atomic mass is 10.1. The van der Waals surface area contributed by atoms with Crippen LogP contribution in [0.15, 0.2) is 6.33 Å². The molecule has 1 aliphatic heterocycles. The third-order valence-electron chi connectivity index (χ3n) is 5.29. The zero-order chi connectivity index (χ0) is 20.8. The Labute approximate surface area is 170 Å². The van der Waals surface area contributed by atoms with Crippen LogP contribution in [-0.2, 0) is 9.47 Å². The number of unbranched alkanes of at least 4 members (excludes halogenated alkanes) is 6. The zero-order valence-electron chi connectivity index (χ0n) is 16.9. The van der Waals surface area contributed by atoms with Gasteiger partial charge in [-0.2, -0.15) is 9.97 Å². The highest BCUT2D eigenvalue weighted by Gasteiger charge is 2.45. The summed E-state index contributed by atoms with van der Waals surface area (Å²) in [5.74, 6) is 0.166. The number of nitrogens with two attached hydrogens (primary N) is 2. The molecule has 29 heavy (non-hydrogen) atoms. The Morgan fingerprint density at radius 2 is 1.86 bits per heavy atom. The first kappa shape index (κ1) is 21.7. The van der Waals surface area contributed by atoms with Crippen LogP contribution in [0.5, 0.6) is 0 Å². The predicted molar refractivity (Wildman–Crippen MR) is 109 cm³/mol. The van der Waals surface area contributed by atoms with E-state index >= 15 is 0 Å². The maximum absolute atomic E-state index is 10.8. The molecule has 0 aromatic carbocycles. The molecular formula is C19H32N6O4. The van der Waals surface area contributed by atoms with E-state index in [1.54, 1.807) is 4.57 Å². The third-order valence-corrected chi connectivity index (χ3v) is 5.29. The van der Waals surface area contributed by atoms with Crippen LogP contribution in [0.2, 0.25) is 0 Å². The van der Waals surface area contributed by atoms with Gasteiger partial charge in [0, 0.05) is 6.61 Å². The number of hydrogen-bond donors (Lipinski definition) is 4. The molecule has 1 fully saturated rings. The van der Waals surface area contributed by atoms with Crippen LogP contribution in [0.1, 0.15) is 58.1 Å². The molecule has 1 unspecified atom stereocenters. The van der Waals surface area contributed by atoms with E-state index < -0.39 is 24.5 Å². The van der Waals surface area contributed by atoms with E-state index in [0.29, 0.717) is 17.8 Å². The van der Waals surface area contributed by atoms with Crippen molar-refractivity contribution in [1.29, 1.82) is 0 Å². The molecule has 0 aliphatic carbocycles. The van der Waals surface area contributed by atoms with Crippen molar-refractivity contribution in [2.45, 2.75) is 76.4 Å². The number of fused-ring (bicyclic) bond motifs is 1. The summed E-state index contributed by atoms with van der Waals surface area (Å²) in [4.78, 5) is 12.2. The van der Waals surface area contributed by atoms with Crippen molar-refractivity contribution in [3.05, 3.63) is 6.33 Å². The third kappa shape index (κ3) is 4.95. The molecule has 2 aromatic heterocycles. The molecule has 6 N–H and O–H groups in total. The topological polar surface area (TPSA) is 155 Å². The predicted octanol–water partition coefficient (Wildman–Crippen LogP) is 1.38. The second-order valence-electron chi connectivity index (χ2n) is 7.49. The summed E-state index contributed by atoms with van der Waals surface area (Å²) in [6.07, 6.45) is 6.60. The molecule has 3 rings (SSSR count). The fourth-order valence-electron chi connectivity index (χ4n) is 3.72. The van der Waals surface area contributed by atoms with Gasteiger partial charge in [0.25, 0.3) is 0 Å². The summed E-state index contributed by atoms with van der Waals surface area (Å²) in [5, 5.41) is 20.5. The number of ether oxygens (including phenoxy) is 2. The zero-order valence-corrected chi connectivity index (χ0v) is 16.9. The van der Waals surface area contributed by atoms with Gasteiger partial charge in [-0.05, 0) is 6.42 Å². The van der Waals surface area contributed by atoms with Gasteiger partial charge in [0.1, 0.15) is 23.8 Å². The number of aliphatic hydroxyl groups excluding tert-OH is 2. The summed E-state index contributed by atoms with van der Waals surface area (Å²) in [6.45, 7) is 2.45. The van der Waals surface area contributed by atoms with Crippen LogP contribution in [0.3, 0.4) is 0 Å². The number of imidazole rings is 1. The van der Waals surface area contributed by atoms with E-state index in [1.165, 1.54) is 38.4 Å². The lowest BCUT2D eigenvalue weighted by molar-refractivity contribution is -0.0609. The minimum atomic E-state index is -0.994. The Morgan fingerprint density at radius 3 is 2.59 bits per heavy atom. The van der Waals surface area contributed by atoms with Crippen LogP contribution in [-0.4, -0.2) is 61.3 Å². The van der Waals surface area contributed by atoms with Crippen molar-refractivity contribution >= 4 is 22.9 Å². The van der Waals surface area contributed by atoms with Gasteiger partial charge in [-0.1, -0.05) is 45.4 Å². The SMILES string of the molecule is CCCCCCCCCO[C@@H]1[C@@H](CO)OC(n2cnc3c(N)nc(N)nc32)[C@@H]1O. The molecule has 0 spiro atoms. The van der Waals surface area contributed by atoms with Crippen molar-refractivity contribution in [2.75, 3.05) is 24.7 Å². The maximum Gasteiger partial charge on any atom is 0.224 e. The van der Waals surface area contributed by atoms with E-state index in [-0.39, 0.29) is 18.4 Å². The summed E-state index contributed by atoms with van der Waals surface area (Å²) in [6, 6.07) is 0. The highest BCUT2D eigenvalue weighted by Crippen LogP contribution is 2.33. The molecule has 3 heterocycles. The maximum atomic E-state index is 10.8. The Bertz CT molecular complexity index is 785. The van der Waals surface area contributed by atoms with Gasteiger partial charge in [0.2, 0.25) is 5.95 Å². The molecule has 4 atom stereocenters.